The number of nitrogens with zero attached hydrogens (tertiary/aromatic N) is 2. The summed E-state index contributed by atoms with van der Waals surface area (Å²) in [5.74, 6) is 1.04. The number of aromatic nitrogens is 1. The zero-order chi connectivity index (χ0) is 23.0. The second-order valence-electron chi connectivity index (χ2n) is 6.90. The molecule has 0 spiro atoms. The van der Waals surface area contributed by atoms with E-state index < -0.39 is 12.1 Å². The molecule has 0 aliphatic carbocycles. The number of ether oxygens (including phenoxy) is 3. The predicted octanol–water partition coefficient (Wildman–Crippen LogP) is 4.32. The van der Waals surface area contributed by atoms with Gasteiger partial charge in [0.15, 0.2) is 11.5 Å². The highest BCUT2D eigenvalue weighted by molar-refractivity contribution is 6.05. The number of carbonyl (C=O) groups is 2. The number of carbonyl (C=O) groups excluding carboxylic acids is 2. The van der Waals surface area contributed by atoms with Crippen LogP contribution < -0.4 is 24.8 Å². The lowest BCUT2D eigenvalue weighted by atomic mass is 10.1. The van der Waals surface area contributed by atoms with Gasteiger partial charge in [0.2, 0.25) is 5.88 Å². The van der Waals surface area contributed by atoms with E-state index in [9.17, 15) is 9.59 Å². The summed E-state index contributed by atoms with van der Waals surface area (Å²) < 4.78 is 16.4. The highest BCUT2D eigenvalue weighted by atomic mass is 16.6. The van der Waals surface area contributed by atoms with Crippen molar-refractivity contribution in [2.24, 2.45) is 0 Å². The SMILES string of the molecule is CCCCNC(=O)Nc1c(OC(=O)N(CC)CC)nc(C)c2cc(OC)c(OC)cc12. The Morgan fingerprint density at radius 3 is 2.19 bits per heavy atom. The van der Waals surface area contributed by atoms with Crippen LogP contribution >= 0.6 is 0 Å². The molecule has 9 nitrogen and oxygen atoms in total. The van der Waals surface area contributed by atoms with Crippen LogP contribution in [0.1, 0.15) is 39.3 Å². The maximum atomic E-state index is 12.6. The van der Waals surface area contributed by atoms with Gasteiger partial charge in [-0.05, 0) is 39.3 Å². The fourth-order valence-corrected chi connectivity index (χ4v) is 3.13. The van der Waals surface area contributed by atoms with Gasteiger partial charge in [-0.25, -0.2) is 14.6 Å². The number of methoxy groups -OCH3 is 2. The summed E-state index contributed by atoms with van der Waals surface area (Å²) in [6, 6.07) is 3.11. The molecule has 1 heterocycles. The summed E-state index contributed by atoms with van der Waals surface area (Å²) in [6.07, 6.45) is 1.28. The van der Waals surface area contributed by atoms with Gasteiger partial charge in [-0.15, -0.1) is 0 Å². The molecule has 0 aliphatic heterocycles. The molecule has 2 N–H and O–H groups in total. The molecular weight excluding hydrogens is 400 g/mol. The minimum atomic E-state index is -0.536. The van der Waals surface area contributed by atoms with Crippen molar-refractivity contribution in [3.8, 4) is 17.4 Å². The standard InChI is InChI=1S/C22H32N4O5/c1-7-10-11-23-21(27)25-19-16-13-18(30-6)17(29-5)12-15(16)14(4)24-20(19)31-22(28)26(8-2)9-3/h12-13H,7-11H2,1-6H3,(H2,23,25,27). The Kier molecular flexibility index (Phi) is 8.72. The number of amides is 3. The van der Waals surface area contributed by atoms with Crippen molar-refractivity contribution in [3.63, 3.8) is 0 Å². The summed E-state index contributed by atoms with van der Waals surface area (Å²) in [5.41, 5.74) is 0.909. The molecular formula is C22H32N4O5. The van der Waals surface area contributed by atoms with Crippen LogP contribution in [0.3, 0.4) is 0 Å². The molecule has 0 saturated carbocycles. The van der Waals surface area contributed by atoms with Gasteiger partial charge < -0.3 is 29.7 Å². The van der Waals surface area contributed by atoms with Gasteiger partial charge in [0.1, 0.15) is 5.69 Å². The number of benzene rings is 1. The lowest BCUT2D eigenvalue weighted by Crippen LogP contribution is -2.34. The fraction of sp³-hybridized carbons (Fsp3) is 0.500. The van der Waals surface area contributed by atoms with Gasteiger partial charge in [-0.3, -0.25) is 0 Å². The van der Waals surface area contributed by atoms with Crippen molar-refractivity contribution in [2.75, 3.05) is 39.2 Å². The molecule has 0 aliphatic rings. The average molecular weight is 433 g/mol. The van der Waals surface area contributed by atoms with E-state index in [1.807, 2.05) is 20.8 Å². The summed E-state index contributed by atoms with van der Waals surface area (Å²) in [6.45, 7) is 9.09. The Morgan fingerprint density at radius 2 is 1.65 bits per heavy atom. The van der Waals surface area contributed by atoms with Crippen LogP contribution in [0.15, 0.2) is 12.1 Å². The predicted molar refractivity (Wildman–Crippen MR) is 120 cm³/mol. The Morgan fingerprint density at radius 1 is 1.03 bits per heavy atom. The number of aryl methyl sites for hydroxylation is 1. The summed E-state index contributed by atoms with van der Waals surface area (Å²) in [4.78, 5) is 31.1. The van der Waals surface area contributed by atoms with Crippen molar-refractivity contribution in [3.05, 3.63) is 17.8 Å². The van der Waals surface area contributed by atoms with Gasteiger partial charge >= 0.3 is 12.1 Å². The zero-order valence-electron chi connectivity index (χ0n) is 19.1. The number of unbranched alkanes of at least 4 members (excludes halogenated alkanes) is 1. The van der Waals surface area contributed by atoms with Crippen LogP contribution in [0.2, 0.25) is 0 Å². The van der Waals surface area contributed by atoms with Gasteiger partial charge in [0, 0.05) is 36.1 Å². The van der Waals surface area contributed by atoms with Crippen molar-refractivity contribution in [2.45, 2.75) is 40.5 Å². The minimum absolute atomic E-state index is 0.0276. The molecule has 1 aromatic carbocycles. The molecule has 1 aromatic heterocycles. The lowest BCUT2D eigenvalue weighted by Gasteiger charge is -2.20. The first-order chi connectivity index (χ1) is 14.9. The van der Waals surface area contributed by atoms with E-state index in [4.69, 9.17) is 14.2 Å². The molecule has 2 aromatic rings. The summed E-state index contributed by atoms with van der Waals surface area (Å²) in [5, 5.41) is 6.97. The molecule has 0 fully saturated rings. The molecule has 170 valence electrons. The molecule has 0 radical (unpaired) electrons. The number of hydrogen-bond donors (Lipinski definition) is 2. The van der Waals surface area contributed by atoms with Gasteiger partial charge in [0.25, 0.3) is 0 Å². The molecule has 0 bridgehead atoms. The van der Waals surface area contributed by atoms with Crippen LogP contribution in [0.4, 0.5) is 15.3 Å². The number of anilines is 1. The molecule has 0 saturated heterocycles. The van der Waals surface area contributed by atoms with E-state index >= 15 is 0 Å². The third kappa shape index (κ3) is 5.68. The second kappa shape index (κ2) is 11.2. The molecule has 31 heavy (non-hydrogen) atoms. The Hall–Kier alpha value is -3.23. The number of rotatable bonds is 9. The lowest BCUT2D eigenvalue weighted by molar-refractivity contribution is 0.155. The van der Waals surface area contributed by atoms with E-state index in [1.165, 1.54) is 12.0 Å². The van der Waals surface area contributed by atoms with Crippen molar-refractivity contribution >= 4 is 28.6 Å². The monoisotopic (exact) mass is 432 g/mol. The van der Waals surface area contributed by atoms with E-state index in [-0.39, 0.29) is 11.6 Å². The van der Waals surface area contributed by atoms with Gasteiger partial charge in [-0.2, -0.15) is 0 Å². The Balaban J connectivity index is 2.59. The van der Waals surface area contributed by atoms with Crippen molar-refractivity contribution in [1.29, 1.82) is 0 Å². The molecule has 0 unspecified atom stereocenters. The van der Waals surface area contributed by atoms with E-state index in [2.05, 4.69) is 15.6 Å². The number of urea groups is 1. The minimum Gasteiger partial charge on any atom is -0.493 e. The summed E-state index contributed by atoms with van der Waals surface area (Å²) >= 11 is 0. The highest BCUT2D eigenvalue weighted by Crippen LogP contribution is 2.40. The summed E-state index contributed by atoms with van der Waals surface area (Å²) in [7, 11) is 3.08. The number of hydrogen-bond acceptors (Lipinski definition) is 6. The van der Waals surface area contributed by atoms with Crippen LogP contribution in [0, 0.1) is 6.92 Å². The Labute approximate surface area is 183 Å². The van der Waals surface area contributed by atoms with Crippen LogP contribution in [0.5, 0.6) is 17.4 Å². The second-order valence-corrected chi connectivity index (χ2v) is 6.90. The number of nitrogens with one attached hydrogen (secondary N) is 2. The van der Waals surface area contributed by atoms with Crippen LogP contribution in [0.25, 0.3) is 10.8 Å². The molecule has 2 rings (SSSR count). The maximum Gasteiger partial charge on any atom is 0.416 e. The average Bonchev–Trinajstić information content (AvgIpc) is 2.76. The normalized spacial score (nSPS) is 10.5. The van der Waals surface area contributed by atoms with Gasteiger partial charge in [0.05, 0.1) is 14.2 Å². The van der Waals surface area contributed by atoms with E-state index in [0.29, 0.717) is 42.2 Å². The van der Waals surface area contributed by atoms with E-state index in [1.54, 1.807) is 26.2 Å². The third-order valence-corrected chi connectivity index (χ3v) is 4.93. The Bertz CT molecular complexity index is 928. The smallest absolute Gasteiger partial charge is 0.416 e. The first-order valence-corrected chi connectivity index (χ1v) is 10.5. The van der Waals surface area contributed by atoms with Crippen LogP contribution in [-0.2, 0) is 0 Å². The molecule has 3 amide bonds. The molecule has 0 atom stereocenters. The van der Waals surface area contributed by atoms with Crippen molar-refractivity contribution < 1.29 is 23.8 Å². The van der Waals surface area contributed by atoms with Gasteiger partial charge in [-0.1, -0.05) is 13.3 Å². The number of fused-ring (bicyclic) bond motifs is 1. The van der Waals surface area contributed by atoms with Crippen molar-refractivity contribution in [1.82, 2.24) is 15.2 Å². The largest absolute Gasteiger partial charge is 0.493 e. The van der Waals surface area contributed by atoms with E-state index in [0.717, 1.165) is 18.2 Å². The molecule has 9 heteroatoms. The maximum absolute atomic E-state index is 12.6. The quantitative estimate of drug-likeness (QED) is 0.572. The first kappa shape index (κ1) is 24.0. The highest BCUT2D eigenvalue weighted by Gasteiger charge is 2.22. The zero-order valence-corrected chi connectivity index (χ0v) is 19.1. The first-order valence-electron chi connectivity index (χ1n) is 10.5. The fourth-order valence-electron chi connectivity index (χ4n) is 3.13. The van der Waals surface area contributed by atoms with Crippen LogP contribution in [-0.4, -0.2) is 55.9 Å². The topological polar surface area (TPSA) is 102 Å². The third-order valence-electron chi connectivity index (χ3n) is 4.93. The number of pyridine rings is 1.